The predicted molar refractivity (Wildman–Crippen MR) is 145 cm³/mol. The minimum atomic E-state index is -1.20. The van der Waals surface area contributed by atoms with Crippen LogP contribution in [0.5, 0.6) is 0 Å². The maximum Gasteiger partial charge on any atom is 0.273 e. The number of nitrogens with one attached hydrogen (secondary N) is 1. The lowest BCUT2D eigenvalue weighted by Gasteiger charge is -2.31. The average Bonchev–Trinajstić information content (AvgIpc) is 3.30. The van der Waals surface area contributed by atoms with E-state index in [4.69, 9.17) is 11.5 Å². The fourth-order valence-corrected chi connectivity index (χ4v) is 4.68. The van der Waals surface area contributed by atoms with E-state index in [-0.39, 0.29) is 22.8 Å². The van der Waals surface area contributed by atoms with Crippen molar-refractivity contribution in [2.45, 2.75) is 26.4 Å². The Kier molecular flexibility index (Phi) is 7.82. The summed E-state index contributed by atoms with van der Waals surface area (Å²) < 4.78 is 17.8. The van der Waals surface area contributed by atoms with Gasteiger partial charge in [0, 0.05) is 12.2 Å². The quantitative estimate of drug-likeness (QED) is 0.312. The van der Waals surface area contributed by atoms with E-state index >= 15 is 0 Å². The van der Waals surface area contributed by atoms with E-state index < -0.39 is 29.6 Å². The third-order valence-corrected chi connectivity index (χ3v) is 7.00. The molecule has 0 fully saturated rings. The summed E-state index contributed by atoms with van der Waals surface area (Å²) in [5.74, 6) is -2.50. The van der Waals surface area contributed by atoms with Gasteiger partial charge >= 0.3 is 0 Å². The molecular weight excluding hydrogens is 505 g/mol. The third kappa shape index (κ3) is 5.55. The van der Waals surface area contributed by atoms with Crippen molar-refractivity contribution in [3.8, 4) is 0 Å². The number of carbonyl (C=O) groups is 3. The van der Waals surface area contributed by atoms with Crippen LogP contribution < -0.4 is 21.7 Å². The van der Waals surface area contributed by atoms with Crippen LogP contribution in [0.4, 0.5) is 15.8 Å². The number of amides is 3. The summed E-state index contributed by atoms with van der Waals surface area (Å²) in [6.07, 6.45) is 0. The number of carbonyl (C=O) groups excluding carboxylic acids is 3. The molecule has 1 unspecified atom stereocenters. The summed E-state index contributed by atoms with van der Waals surface area (Å²) in [7, 11) is 0. The lowest BCUT2D eigenvalue weighted by atomic mass is 10.0. The highest BCUT2D eigenvalue weighted by atomic mass is 32.1. The van der Waals surface area contributed by atoms with Crippen molar-refractivity contribution >= 4 is 40.6 Å². The molecule has 0 aliphatic carbocycles. The number of hydrogen-bond donors (Lipinski definition) is 3. The molecule has 5 N–H and O–H groups in total. The van der Waals surface area contributed by atoms with Gasteiger partial charge in [-0.1, -0.05) is 48.5 Å². The molecule has 0 saturated heterocycles. The zero-order chi connectivity index (χ0) is 27.4. The first-order valence-electron chi connectivity index (χ1n) is 11.7. The Morgan fingerprint density at radius 2 is 1.68 bits per heavy atom. The maximum atomic E-state index is 14.1. The Labute approximate surface area is 223 Å². The predicted octanol–water partition coefficient (Wildman–Crippen LogP) is 4.28. The number of benzene rings is 3. The average molecular weight is 532 g/mol. The molecule has 1 aromatic heterocycles. The number of anilines is 2. The first-order chi connectivity index (χ1) is 18.2. The van der Waals surface area contributed by atoms with Gasteiger partial charge in [0.15, 0.2) is 5.69 Å². The Morgan fingerprint density at radius 3 is 2.29 bits per heavy atom. The molecule has 0 aliphatic heterocycles. The van der Waals surface area contributed by atoms with E-state index in [9.17, 15) is 18.8 Å². The molecule has 0 radical (unpaired) electrons. The molecule has 4 aromatic rings. The van der Waals surface area contributed by atoms with E-state index in [1.165, 1.54) is 29.2 Å². The van der Waals surface area contributed by atoms with Gasteiger partial charge in [0.25, 0.3) is 11.8 Å². The van der Waals surface area contributed by atoms with E-state index in [1.54, 1.807) is 12.1 Å². The van der Waals surface area contributed by atoms with E-state index in [2.05, 4.69) is 9.69 Å². The Hall–Kier alpha value is -4.57. The largest absolute Gasteiger partial charge is 0.395 e. The number of halogens is 1. The number of rotatable bonds is 8. The van der Waals surface area contributed by atoms with Crippen LogP contribution in [0.3, 0.4) is 0 Å². The summed E-state index contributed by atoms with van der Waals surface area (Å²) in [6.45, 7) is 4.02. The molecule has 1 heterocycles. The molecule has 0 aliphatic rings. The molecule has 3 aromatic carbocycles. The highest BCUT2D eigenvalue weighted by Gasteiger charge is 2.36. The van der Waals surface area contributed by atoms with Crippen LogP contribution in [0.2, 0.25) is 0 Å². The Balaban J connectivity index is 1.85. The number of hydrogen-bond acceptors (Lipinski definition) is 6. The lowest BCUT2D eigenvalue weighted by molar-refractivity contribution is -0.122. The van der Waals surface area contributed by atoms with Crippen LogP contribution in [0.15, 0.2) is 72.8 Å². The Morgan fingerprint density at radius 1 is 1.00 bits per heavy atom. The zero-order valence-corrected chi connectivity index (χ0v) is 21.6. The number of nitrogens with zero attached hydrogens (tertiary/aromatic N) is 2. The van der Waals surface area contributed by atoms with Crippen molar-refractivity contribution in [2.75, 3.05) is 10.6 Å². The highest BCUT2D eigenvalue weighted by molar-refractivity contribution is 7.09. The second-order valence-corrected chi connectivity index (χ2v) is 9.51. The summed E-state index contributed by atoms with van der Waals surface area (Å²) in [4.78, 5) is 40.9. The van der Waals surface area contributed by atoms with Crippen LogP contribution in [-0.2, 0) is 11.3 Å². The van der Waals surface area contributed by atoms with Gasteiger partial charge in [-0.2, -0.15) is 4.37 Å². The van der Waals surface area contributed by atoms with Gasteiger partial charge < -0.3 is 16.8 Å². The molecule has 1 atom stereocenters. The highest BCUT2D eigenvalue weighted by Crippen LogP contribution is 2.34. The van der Waals surface area contributed by atoms with Crippen molar-refractivity contribution in [3.05, 3.63) is 111 Å². The summed E-state index contributed by atoms with van der Waals surface area (Å²) >= 11 is 0.721. The number of nitrogen functional groups attached to an aromatic ring is 1. The van der Waals surface area contributed by atoms with Crippen LogP contribution in [0.1, 0.15) is 48.5 Å². The summed E-state index contributed by atoms with van der Waals surface area (Å²) in [5.41, 5.74) is 14.6. The van der Waals surface area contributed by atoms with Crippen LogP contribution >= 0.6 is 11.5 Å². The normalized spacial score (nSPS) is 11.6. The molecule has 3 amide bonds. The SMILES string of the molecule is Cc1ccc(N(C(=O)c2snc(C(N)=O)c2N)C(C(=O)NCc2ccccc2)c2ccc(F)cc2)cc1C. The van der Waals surface area contributed by atoms with Gasteiger partial charge in [0.2, 0.25) is 5.91 Å². The number of aryl methyl sites for hydroxylation is 2. The second-order valence-electron chi connectivity index (χ2n) is 8.74. The van der Waals surface area contributed by atoms with Gasteiger partial charge in [-0.3, -0.25) is 19.3 Å². The molecule has 4 rings (SSSR count). The number of primary amides is 1. The zero-order valence-electron chi connectivity index (χ0n) is 20.8. The van der Waals surface area contributed by atoms with Crippen LogP contribution in [-0.4, -0.2) is 22.1 Å². The molecule has 0 spiro atoms. The van der Waals surface area contributed by atoms with Crippen molar-refractivity contribution in [1.82, 2.24) is 9.69 Å². The monoisotopic (exact) mass is 531 g/mol. The van der Waals surface area contributed by atoms with E-state index in [0.717, 1.165) is 28.2 Å². The molecule has 0 saturated carbocycles. The molecule has 38 heavy (non-hydrogen) atoms. The summed E-state index contributed by atoms with van der Waals surface area (Å²) in [6, 6.07) is 18.8. The second kappa shape index (κ2) is 11.2. The smallest absolute Gasteiger partial charge is 0.273 e. The first kappa shape index (κ1) is 26.5. The molecule has 8 nitrogen and oxygen atoms in total. The minimum Gasteiger partial charge on any atom is -0.395 e. The number of nitrogens with two attached hydrogens (primary N) is 2. The van der Waals surface area contributed by atoms with Gasteiger partial charge in [0.05, 0.1) is 5.69 Å². The standard InChI is InChI=1S/C28H26FN5O3S/c1-16-8-13-21(14-17(16)2)34(28(37)25-22(30)23(26(31)35)33-38-25)24(19-9-11-20(29)12-10-19)27(36)32-15-18-6-4-3-5-7-18/h3-14,24H,15,30H2,1-2H3,(H2,31,35)(H,32,36). The van der Waals surface area contributed by atoms with Crippen LogP contribution in [0.25, 0.3) is 0 Å². The number of aromatic nitrogens is 1. The van der Waals surface area contributed by atoms with E-state index in [1.807, 2.05) is 50.2 Å². The Bertz CT molecular complexity index is 1490. The third-order valence-electron chi connectivity index (χ3n) is 6.14. The summed E-state index contributed by atoms with van der Waals surface area (Å²) in [5, 5.41) is 2.89. The van der Waals surface area contributed by atoms with Crippen molar-refractivity contribution in [2.24, 2.45) is 5.73 Å². The van der Waals surface area contributed by atoms with Crippen molar-refractivity contribution in [3.63, 3.8) is 0 Å². The van der Waals surface area contributed by atoms with Crippen LogP contribution in [0, 0.1) is 19.7 Å². The first-order valence-corrected chi connectivity index (χ1v) is 12.5. The van der Waals surface area contributed by atoms with Gasteiger partial charge in [-0.05, 0) is 71.9 Å². The maximum absolute atomic E-state index is 14.1. The van der Waals surface area contributed by atoms with Gasteiger partial charge in [-0.15, -0.1) is 0 Å². The van der Waals surface area contributed by atoms with Gasteiger partial charge in [-0.25, -0.2) is 4.39 Å². The van der Waals surface area contributed by atoms with Crippen molar-refractivity contribution in [1.29, 1.82) is 0 Å². The minimum absolute atomic E-state index is 0.0417. The molecule has 10 heteroatoms. The topological polar surface area (TPSA) is 131 Å². The fraction of sp³-hybridized carbons (Fsp3) is 0.143. The molecule has 0 bridgehead atoms. The van der Waals surface area contributed by atoms with Gasteiger partial charge in [0.1, 0.15) is 16.7 Å². The van der Waals surface area contributed by atoms with Crippen molar-refractivity contribution < 1.29 is 18.8 Å². The van der Waals surface area contributed by atoms with E-state index in [0.29, 0.717) is 11.3 Å². The fourth-order valence-electron chi connectivity index (χ4n) is 3.94. The molecule has 194 valence electrons. The molecular formula is C28H26FN5O3S. The lowest BCUT2D eigenvalue weighted by Crippen LogP contribution is -2.44.